The van der Waals surface area contributed by atoms with Crippen molar-refractivity contribution in [3.8, 4) is 22.6 Å². The van der Waals surface area contributed by atoms with Gasteiger partial charge in [0.25, 0.3) is 0 Å². The molecule has 4 heteroatoms. The van der Waals surface area contributed by atoms with Gasteiger partial charge in [-0.15, -0.1) is 0 Å². The largest absolute Gasteiger partial charge is 0.490 e. The molecule has 2 nitrogen and oxygen atoms in total. The summed E-state index contributed by atoms with van der Waals surface area (Å²) in [6.07, 6.45) is 0.790. The molecule has 0 saturated heterocycles. The van der Waals surface area contributed by atoms with Crippen LogP contribution in [0.3, 0.4) is 0 Å². The van der Waals surface area contributed by atoms with Gasteiger partial charge in [-0.05, 0) is 73.7 Å². The predicted molar refractivity (Wildman–Crippen MR) is 194 cm³/mol. The lowest BCUT2D eigenvalue weighted by Gasteiger charge is -2.28. The number of hydrogen-bond acceptors (Lipinski definition) is 2. The van der Waals surface area contributed by atoms with Gasteiger partial charge < -0.3 is 9.47 Å². The molecular weight excluding hydrogens is 586 g/mol. The Balaban J connectivity index is 1.57. The van der Waals surface area contributed by atoms with Crippen LogP contribution >= 0.6 is 15.8 Å². The minimum absolute atomic E-state index is 0.00352. The first kappa shape index (κ1) is 29.5. The zero-order valence-corrected chi connectivity index (χ0v) is 27.4. The molecule has 1 aliphatic rings. The first-order chi connectivity index (χ1) is 22.2. The molecule has 0 amide bonds. The highest BCUT2D eigenvalue weighted by Crippen LogP contribution is 2.48. The smallest absolute Gasteiger partial charge is 0.128 e. The molecule has 0 radical (unpaired) electrons. The van der Waals surface area contributed by atoms with E-state index in [0.717, 1.165) is 29.0 Å². The third-order valence-electron chi connectivity index (χ3n) is 8.12. The minimum Gasteiger partial charge on any atom is -0.490 e. The summed E-state index contributed by atoms with van der Waals surface area (Å²) < 4.78 is 13.8. The lowest BCUT2D eigenvalue weighted by molar-refractivity contribution is 0.134. The molecule has 0 unspecified atom stereocenters. The van der Waals surface area contributed by atoms with Crippen LogP contribution in [0.25, 0.3) is 11.1 Å². The van der Waals surface area contributed by atoms with Crippen LogP contribution in [0.5, 0.6) is 11.5 Å². The van der Waals surface area contributed by atoms with E-state index in [1.165, 1.54) is 31.8 Å². The topological polar surface area (TPSA) is 18.5 Å². The molecule has 0 fully saturated rings. The zero-order chi connectivity index (χ0) is 30.6. The molecule has 0 aliphatic carbocycles. The Bertz CT molecular complexity index is 1640. The van der Waals surface area contributed by atoms with E-state index in [0.29, 0.717) is 0 Å². The second-order valence-electron chi connectivity index (χ2n) is 11.4. The second-order valence-corrected chi connectivity index (χ2v) is 15.8. The van der Waals surface area contributed by atoms with Crippen LogP contribution < -0.4 is 41.3 Å². The Morgan fingerprint density at radius 1 is 0.400 bits per heavy atom. The highest BCUT2D eigenvalue weighted by molar-refractivity contribution is 7.80. The molecule has 0 bridgehead atoms. The fourth-order valence-electron chi connectivity index (χ4n) is 6.27. The Hall–Kier alpha value is -4.22. The zero-order valence-electron chi connectivity index (χ0n) is 25.6. The number of hydrogen-bond donors (Lipinski definition) is 0. The maximum Gasteiger partial charge on any atom is 0.128 e. The lowest BCUT2D eigenvalue weighted by Crippen LogP contribution is -2.26. The van der Waals surface area contributed by atoms with E-state index in [-0.39, 0.29) is 12.2 Å². The number of benzene rings is 6. The van der Waals surface area contributed by atoms with Gasteiger partial charge in [-0.2, -0.15) is 0 Å². The summed E-state index contributed by atoms with van der Waals surface area (Å²) in [6, 6.07) is 57.0. The summed E-state index contributed by atoms with van der Waals surface area (Å²) in [5.74, 6) is 1.84. The molecule has 1 heterocycles. The lowest BCUT2D eigenvalue weighted by atomic mass is 10.0. The first-order valence-corrected chi connectivity index (χ1v) is 18.3. The summed E-state index contributed by atoms with van der Waals surface area (Å²) in [5, 5.41) is 7.77. The van der Waals surface area contributed by atoms with Crippen molar-refractivity contribution in [3.05, 3.63) is 158 Å². The van der Waals surface area contributed by atoms with Crippen molar-refractivity contribution in [3.63, 3.8) is 0 Å². The predicted octanol–water partition coefficient (Wildman–Crippen LogP) is 7.81. The fourth-order valence-corrected chi connectivity index (χ4v) is 11.2. The van der Waals surface area contributed by atoms with Crippen molar-refractivity contribution in [2.24, 2.45) is 0 Å². The highest BCUT2D eigenvalue weighted by Gasteiger charge is 2.31. The second kappa shape index (κ2) is 13.4. The number of rotatable bonds is 6. The Morgan fingerprint density at radius 2 is 0.711 bits per heavy atom. The van der Waals surface area contributed by atoms with Crippen LogP contribution in [0, 0.1) is 0 Å². The molecule has 45 heavy (non-hydrogen) atoms. The van der Waals surface area contributed by atoms with E-state index in [4.69, 9.17) is 9.47 Å². The molecule has 6 aromatic rings. The molecule has 0 aromatic heterocycles. The molecule has 6 aromatic carbocycles. The molecule has 222 valence electrons. The number of ether oxygens (including phenoxy) is 2. The summed E-state index contributed by atoms with van der Waals surface area (Å²) in [7, 11) is -1.82. The van der Waals surface area contributed by atoms with Crippen LogP contribution in [0.1, 0.15) is 20.3 Å². The molecule has 0 N–H and O–H groups in total. The minimum atomic E-state index is -0.908. The SMILES string of the molecule is C[C@H]1C[C@H](C)Oc2cccc(P(c3ccccc3)c3ccccc3)c2-c2c(cccc2P(c2ccccc2)c2ccccc2)O1. The summed E-state index contributed by atoms with van der Waals surface area (Å²) in [5.41, 5.74) is 2.28. The Labute approximate surface area is 269 Å². The average Bonchev–Trinajstić information content (AvgIpc) is 3.13. The van der Waals surface area contributed by atoms with Crippen molar-refractivity contribution < 1.29 is 9.47 Å². The third kappa shape index (κ3) is 6.19. The Morgan fingerprint density at radius 3 is 1.02 bits per heavy atom. The summed E-state index contributed by atoms with van der Waals surface area (Å²) >= 11 is 0. The average molecular weight is 623 g/mol. The van der Waals surface area contributed by atoms with E-state index >= 15 is 0 Å². The summed E-state index contributed by atoms with van der Waals surface area (Å²) in [6.45, 7) is 4.32. The van der Waals surface area contributed by atoms with Crippen molar-refractivity contribution in [2.45, 2.75) is 32.5 Å². The molecule has 0 saturated carbocycles. The van der Waals surface area contributed by atoms with Gasteiger partial charge in [-0.3, -0.25) is 0 Å². The molecular formula is C41H36O2P2. The van der Waals surface area contributed by atoms with E-state index in [2.05, 4.69) is 172 Å². The van der Waals surface area contributed by atoms with Gasteiger partial charge in [0, 0.05) is 17.5 Å². The van der Waals surface area contributed by atoms with Gasteiger partial charge in [-0.25, -0.2) is 0 Å². The number of fused-ring (bicyclic) bond motifs is 3. The monoisotopic (exact) mass is 622 g/mol. The van der Waals surface area contributed by atoms with Crippen LogP contribution in [0.2, 0.25) is 0 Å². The molecule has 1 aliphatic heterocycles. The van der Waals surface area contributed by atoms with E-state index in [1.807, 2.05) is 0 Å². The van der Waals surface area contributed by atoms with Crippen LogP contribution in [-0.2, 0) is 0 Å². The van der Waals surface area contributed by atoms with Crippen LogP contribution in [0.15, 0.2) is 158 Å². The van der Waals surface area contributed by atoms with Gasteiger partial charge in [0.05, 0.1) is 12.2 Å². The van der Waals surface area contributed by atoms with Crippen molar-refractivity contribution in [1.82, 2.24) is 0 Å². The standard InChI is InChI=1S/C41H36O2P2/c1-30-29-31(2)43-37-26-16-28-39(45(34-21-11-5-12-22-34)35-23-13-6-14-24-35)41(37)40-36(42-30)25-15-27-38(40)44(32-17-7-3-8-18-32)33-19-9-4-10-20-33/h3-28,30-31H,29H2,1-2H3/t30-,31-/m0/s1. The van der Waals surface area contributed by atoms with Gasteiger partial charge in [0.15, 0.2) is 0 Å². The molecule has 7 rings (SSSR count). The van der Waals surface area contributed by atoms with Crippen molar-refractivity contribution in [2.75, 3.05) is 0 Å². The van der Waals surface area contributed by atoms with Crippen molar-refractivity contribution >= 4 is 47.7 Å². The van der Waals surface area contributed by atoms with Crippen LogP contribution in [-0.4, -0.2) is 12.2 Å². The highest BCUT2D eigenvalue weighted by atomic mass is 31.1. The van der Waals surface area contributed by atoms with E-state index in [9.17, 15) is 0 Å². The Kier molecular flexibility index (Phi) is 8.79. The van der Waals surface area contributed by atoms with Gasteiger partial charge >= 0.3 is 0 Å². The fraction of sp³-hybridized carbons (Fsp3) is 0.122. The maximum absolute atomic E-state index is 6.89. The van der Waals surface area contributed by atoms with Crippen molar-refractivity contribution in [1.29, 1.82) is 0 Å². The first-order valence-electron chi connectivity index (χ1n) is 15.6. The molecule has 2 atom stereocenters. The normalized spacial score (nSPS) is 16.0. The van der Waals surface area contributed by atoms with Gasteiger partial charge in [0.2, 0.25) is 0 Å². The quantitative estimate of drug-likeness (QED) is 0.177. The van der Waals surface area contributed by atoms with Gasteiger partial charge in [0.1, 0.15) is 11.5 Å². The maximum atomic E-state index is 6.89. The summed E-state index contributed by atoms with van der Waals surface area (Å²) in [4.78, 5) is 0. The van der Waals surface area contributed by atoms with Crippen LogP contribution in [0.4, 0.5) is 0 Å². The van der Waals surface area contributed by atoms with Gasteiger partial charge in [-0.1, -0.05) is 146 Å². The third-order valence-corrected chi connectivity index (χ3v) is 13.1. The van der Waals surface area contributed by atoms with E-state index < -0.39 is 15.8 Å². The van der Waals surface area contributed by atoms with E-state index in [1.54, 1.807) is 0 Å². The molecule has 0 spiro atoms.